The normalized spacial score (nSPS) is 12.9. The van der Waals surface area contributed by atoms with Gasteiger partial charge in [0.2, 0.25) is 0 Å². The highest BCUT2D eigenvalue weighted by molar-refractivity contribution is 5.67. The summed E-state index contributed by atoms with van der Waals surface area (Å²) in [5.74, 6) is 0. The second-order valence-electron chi connectivity index (χ2n) is 5.36. The highest BCUT2D eigenvalue weighted by atomic mass is 16.4. The lowest BCUT2D eigenvalue weighted by atomic mass is 9.95. The molecule has 3 nitrogen and oxygen atoms in total. The molecular formula is C15H21NO2. The highest BCUT2D eigenvalue weighted by Crippen LogP contribution is 2.30. The Kier molecular flexibility index (Phi) is 4.17. The van der Waals surface area contributed by atoms with Gasteiger partial charge in [-0.2, -0.15) is 0 Å². The highest BCUT2D eigenvalue weighted by Gasteiger charge is 2.32. The summed E-state index contributed by atoms with van der Waals surface area (Å²) in [7, 11) is 0. The summed E-state index contributed by atoms with van der Waals surface area (Å²) in [6, 6.07) is 7.46. The molecule has 0 fully saturated rings. The first kappa shape index (κ1) is 14.3. The van der Waals surface area contributed by atoms with E-state index in [0.717, 1.165) is 11.1 Å². The molecule has 0 radical (unpaired) electrons. The Morgan fingerprint density at radius 2 is 1.94 bits per heavy atom. The monoisotopic (exact) mass is 247 g/mol. The first-order chi connectivity index (χ1) is 8.29. The Hall–Kier alpha value is -1.77. The zero-order valence-electron chi connectivity index (χ0n) is 11.5. The van der Waals surface area contributed by atoms with Gasteiger partial charge in [0.25, 0.3) is 0 Å². The quantitative estimate of drug-likeness (QED) is 0.820. The van der Waals surface area contributed by atoms with Crippen molar-refractivity contribution in [2.24, 2.45) is 0 Å². The summed E-state index contributed by atoms with van der Waals surface area (Å²) in [5, 5.41) is 9.44. The number of hydrogen-bond donors (Lipinski definition) is 1. The van der Waals surface area contributed by atoms with E-state index in [1.54, 1.807) is 6.08 Å². The topological polar surface area (TPSA) is 40.5 Å². The number of hydrogen-bond acceptors (Lipinski definition) is 1. The van der Waals surface area contributed by atoms with E-state index in [1.165, 1.54) is 4.90 Å². The van der Waals surface area contributed by atoms with Gasteiger partial charge in [-0.3, -0.25) is 4.90 Å². The van der Waals surface area contributed by atoms with Crippen molar-refractivity contribution in [1.29, 1.82) is 0 Å². The predicted molar refractivity (Wildman–Crippen MR) is 73.7 cm³/mol. The van der Waals surface area contributed by atoms with Crippen molar-refractivity contribution in [3.8, 4) is 0 Å². The molecular weight excluding hydrogens is 226 g/mol. The third kappa shape index (κ3) is 2.92. The molecule has 0 bridgehead atoms. The zero-order valence-corrected chi connectivity index (χ0v) is 11.5. The van der Waals surface area contributed by atoms with Gasteiger partial charge in [0.1, 0.15) is 0 Å². The summed E-state index contributed by atoms with van der Waals surface area (Å²) >= 11 is 0. The van der Waals surface area contributed by atoms with E-state index in [4.69, 9.17) is 0 Å². The number of amides is 1. The number of benzene rings is 1. The average molecular weight is 247 g/mol. The smallest absolute Gasteiger partial charge is 0.408 e. The summed E-state index contributed by atoms with van der Waals surface area (Å²) < 4.78 is 0. The van der Waals surface area contributed by atoms with Crippen molar-refractivity contribution in [3.05, 3.63) is 48.0 Å². The van der Waals surface area contributed by atoms with Gasteiger partial charge in [-0.1, -0.05) is 30.3 Å². The minimum absolute atomic E-state index is 0.330. The third-order valence-corrected chi connectivity index (χ3v) is 2.94. The first-order valence-electron chi connectivity index (χ1n) is 5.99. The summed E-state index contributed by atoms with van der Waals surface area (Å²) in [5.41, 5.74) is 1.56. The van der Waals surface area contributed by atoms with Gasteiger partial charge in [-0.05, 0) is 38.8 Å². The second kappa shape index (κ2) is 5.25. The molecule has 18 heavy (non-hydrogen) atoms. The second-order valence-corrected chi connectivity index (χ2v) is 5.36. The SMILES string of the molecule is C=CC(c1ccccc1C)N(C(=O)O)C(C)(C)C. The molecule has 0 heterocycles. The maximum atomic E-state index is 11.5. The van der Waals surface area contributed by atoms with E-state index in [0.29, 0.717) is 0 Å². The van der Waals surface area contributed by atoms with Gasteiger partial charge in [-0.15, -0.1) is 6.58 Å². The third-order valence-electron chi connectivity index (χ3n) is 2.94. The molecule has 1 aromatic rings. The maximum Gasteiger partial charge on any atom is 0.408 e. The standard InChI is InChI=1S/C15H21NO2/c1-6-13(12-10-8-7-9-11(12)2)16(14(17)18)15(3,4)5/h6-10,13H,1H2,2-5H3,(H,17,18). The Morgan fingerprint density at radius 1 is 1.39 bits per heavy atom. The van der Waals surface area contributed by atoms with Gasteiger partial charge in [0.05, 0.1) is 6.04 Å². The van der Waals surface area contributed by atoms with Crippen molar-refractivity contribution < 1.29 is 9.90 Å². The van der Waals surface area contributed by atoms with Crippen LogP contribution in [0.3, 0.4) is 0 Å². The first-order valence-corrected chi connectivity index (χ1v) is 5.99. The molecule has 0 aliphatic heterocycles. The average Bonchev–Trinajstić information content (AvgIpc) is 2.24. The van der Waals surface area contributed by atoms with Crippen LogP contribution in [0.15, 0.2) is 36.9 Å². The summed E-state index contributed by atoms with van der Waals surface area (Å²) in [4.78, 5) is 12.9. The van der Waals surface area contributed by atoms with E-state index in [-0.39, 0.29) is 6.04 Å². The van der Waals surface area contributed by atoms with E-state index >= 15 is 0 Å². The van der Waals surface area contributed by atoms with Crippen molar-refractivity contribution >= 4 is 6.09 Å². The molecule has 1 aromatic carbocycles. The van der Waals surface area contributed by atoms with Crippen LogP contribution in [0.2, 0.25) is 0 Å². The number of aryl methyl sites for hydroxylation is 1. The molecule has 1 N–H and O–H groups in total. The molecule has 0 spiro atoms. The molecule has 0 aliphatic rings. The minimum atomic E-state index is -0.935. The number of nitrogens with zero attached hydrogens (tertiary/aromatic N) is 1. The Bertz CT molecular complexity index is 446. The van der Waals surface area contributed by atoms with Gasteiger partial charge >= 0.3 is 6.09 Å². The van der Waals surface area contributed by atoms with Gasteiger partial charge < -0.3 is 5.11 Å². The zero-order chi connectivity index (χ0) is 13.9. The van der Waals surface area contributed by atoms with Crippen LogP contribution in [-0.2, 0) is 0 Å². The van der Waals surface area contributed by atoms with E-state index < -0.39 is 11.6 Å². The number of rotatable bonds is 3. The Morgan fingerprint density at radius 3 is 2.33 bits per heavy atom. The molecule has 1 rings (SSSR count). The molecule has 1 atom stereocenters. The molecule has 98 valence electrons. The van der Waals surface area contributed by atoms with E-state index in [9.17, 15) is 9.90 Å². The van der Waals surface area contributed by atoms with Crippen molar-refractivity contribution in [3.63, 3.8) is 0 Å². The fourth-order valence-electron chi connectivity index (χ4n) is 2.11. The van der Waals surface area contributed by atoms with Crippen LogP contribution in [0.4, 0.5) is 4.79 Å². The van der Waals surface area contributed by atoms with Crippen LogP contribution in [0.5, 0.6) is 0 Å². The molecule has 1 amide bonds. The van der Waals surface area contributed by atoms with Gasteiger partial charge in [-0.25, -0.2) is 4.79 Å². The minimum Gasteiger partial charge on any atom is -0.465 e. The van der Waals surface area contributed by atoms with E-state index in [1.807, 2.05) is 52.0 Å². The van der Waals surface area contributed by atoms with Crippen LogP contribution in [0.1, 0.15) is 37.9 Å². The summed E-state index contributed by atoms with van der Waals surface area (Å²) in [6.07, 6.45) is 0.748. The predicted octanol–water partition coefficient (Wildman–Crippen LogP) is 4.00. The molecule has 1 unspecified atom stereocenters. The van der Waals surface area contributed by atoms with Crippen molar-refractivity contribution in [1.82, 2.24) is 4.90 Å². The largest absolute Gasteiger partial charge is 0.465 e. The fraction of sp³-hybridized carbons (Fsp3) is 0.400. The van der Waals surface area contributed by atoms with Crippen LogP contribution in [-0.4, -0.2) is 21.6 Å². The van der Waals surface area contributed by atoms with Gasteiger partial charge in [0.15, 0.2) is 0 Å². The maximum absolute atomic E-state index is 11.5. The molecule has 0 aliphatic carbocycles. The van der Waals surface area contributed by atoms with Crippen LogP contribution < -0.4 is 0 Å². The molecule has 0 saturated carbocycles. The number of carbonyl (C=O) groups is 1. The molecule has 0 aromatic heterocycles. The van der Waals surface area contributed by atoms with Gasteiger partial charge in [0, 0.05) is 5.54 Å². The molecule has 3 heteroatoms. The van der Waals surface area contributed by atoms with Crippen LogP contribution in [0, 0.1) is 6.92 Å². The Balaban J connectivity index is 3.28. The lowest BCUT2D eigenvalue weighted by Crippen LogP contribution is -2.46. The van der Waals surface area contributed by atoms with Crippen LogP contribution >= 0.6 is 0 Å². The fourth-order valence-corrected chi connectivity index (χ4v) is 2.11. The van der Waals surface area contributed by atoms with E-state index in [2.05, 4.69) is 6.58 Å². The lowest BCUT2D eigenvalue weighted by molar-refractivity contribution is 0.0830. The lowest BCUT2D eigenvalue weighted by Gasteiger charge is -2.39. The Labute approximate surface area is 109 Å². The summed E-state index contributed by atoms with van der Waals surface area (Å²) in [6.45, 7) is 11.4. The van der Waals surface area contributed by atoms with Crippen molar-refractivity contribution in [2.45, 2.75) is 39.3 Å². The van der Waals surface area contributed by atoms with Crippen molar-refractivity contribution in [2.75, 3.05) is 0 Å². The number of carboxylic acid groups (broad SMARTS) is 1. The van der Waals surface area contributed by atoms with Crippen LogP contribution in [0.25, 0.3) is 0 Å². The molecule has 0 saturated heterocycles.